The van der Waals surface area contributed by atoms with E-state index in [1.807, 2.05) is 6.92 Å². The van der Waals surface area contributed by atoms with Gasteiger partial charge in [0, 0.05) is 6.54 Å². The number of rotatable bonds is 5. The number of carbonyl (C=O) groups is 2. The Morgan fingerprint density at radius 2 is 2.16 bits per heavy atom. The number of nitrogen functional groups attached to an aromatic ring is 1. The lowest BCUT2D eigenvalue weighted by molar-refractivity contribution is -0.129. The Bertz CT molecular complexity index is 477. The molecule has 0 spiro atoms. The second-order valence-corrected chi connectivity index (χ2v) is 4.07. The van der Waals surface area contributed by atoms with E-state index in [2.05, 4.69) is 5.32 Å². The Labute approximate surface area is 110 Å². The number of hydrogen-bond donors (Lipinski definition) is 2. The lowest BCUT2D eigenvalue weighted by Crippen LogP contribution is -2.36. The average Bonchev–Trinajstić information content (AvgIpc) is 2.38. The summed E-state index contributed by atoms with van der Waals surface area (Å²) in [4.78, 5) is 23.2. The predicted octanol–water partition coefficient (Wildman–Crippen LogP) is 1.48. The van der Waals surface area contributed by atoms with E-state index in [9.17, 15) is 14.0 Å². The fourth-order valence-corrected chi connectivity index (χ4v) is 1.34. The average molecular weight is 268 g/mol. The highest BCUT2D eigenvalue weighted by Gasteiger charge is 2.18. The number of esters is 1. The zero-order valence-corrected chi connectivity index (χ0v) is 10.9. The maximum atomic E-state index is 13.0. The largest absolute Gasteiger partial charge is 0.449 e. The summed E-state index contributed by atoms with van der Waals surface area (Å²) < 4.78 is 17.9. The number of amides is 1. The highest BCUT2D eigenvalue weighted by molar-refractivity contribution is 5.92. The molecule has 5 nitrogen and oxygen atoms in total. The van der Waals surface area contributed by atoms with Crippen molar-refractivity contribution in [2.45, 2.75) is 26.4 Å². The number of nitrogens with two attached hydrogens (primary N) is 1. The number of ether oxygens (including phenoxy) is 1. The summed E-state index contributed by atoms with van der Waals surface area (Å²) in [5.74, 6) is -1.69. The first kappa shape index (κ1) is 14.9. The van der Waals surface area contributed by atoms with Crippen molar-refractivity contribution < 1.29 is 18.7 Å². The number of carbonyl (C=O) groups excluding carboxylic acids is 2. The number of benzene rings is 1. The van der Waals surface area contributed by atoms with Crippen LogP contribution in [0.15, 0.2) is 18.2 Å². The first-order valence-corrected chi connectivity index (χ1v) is 5.99. The Hall–Kier alpha value is -2.11. The molecule has 1 unspecified atom stereocenters. The molecule has 0 saturated carbocycles. The highest BCUT2D eigenvalue weighted by Crippen LogP contribution is 2.13. The predicted molar refractivity (Wildman–Crippen MR) is 69.0 cm³/mol. The van der Waals surface area contributed by atoms with Crippen LogP contribution in [0.3, 0.4) is 0 Å². The molecular formula is C13H17FN2O3. The monoisotopic (exact) mass is 268 g/mol. The van der Waals surface area contributed by atoms with Gasteiger partial charge in [-0.1, -0.05) is 6.92 Å². The first-order chi connectivity index (χ1) is 8.95. The molecule has 19 heavy (non-hydrogen) atoms. The van der Waals surface area contributed by atoms with Crippen LogP contribution in [-0.4, -0.2) is 24.5 Å². The first-order valence-electron chi connectivity index (χ1n) is 5.99. The summed E-state index contributed by atoms with van der Waals surface area (Å²) in [6.07, 6.45) is -0.119. The molecule has 1 amide bonds. The normalized spacial score (nSPS) is 11.7. The number of nitrogens with one attached hydrogen (secondary N) is 1. The van der Waals surface area contributed by atoms with Crippen molar-refractivity contribution >= 4 is 17.6 Å². The van der Waals surface area contributed by atoms with E-state index < -0.39 is 17.9 Å². The van der Waals surface area contributed by atoms with Crippen LogP contribution >= 0.6 is 0 Å². The molecule has 0 fully saturated rings. The Morgan fingerprint density at radius 1 is 1.47 bits per heavy atom. The molecule has 0 aliphatic heterocycles. The smallest absolute Gasteiger partial charge is 0.338 e. The summed E-state index contributed by atoms with van der Waals surface area (Å²) in [6, 6.07) is 3.51. The molecule has 1 atom stereocenters. The maximum Gasteiger partial charge on any atom is 0.338 e. The van der Waals surface area contributed by atoms with Crippen LogP contribution in [0.1, 0.15) is 30.6 Å². The van der Waals surface area contributed by atoms with Crippen molar-refractivity contribution in [3.05, 3.63) is 29.6 Å². The molecule has 0 radical (unpaired) electrons. The molecule has 0 aliphatic rings. The SMILES string of the molecule is CCCNC(=O)C(C)OC(=O)c1ccc(F)c(N)c1. The Morgan fingerprint density at radius 3 is 2.74 bits per heavy atom. The van der Waals surface area contributed by atoms with Crippen LogP contribution in [0.5, 0.6) is 0 Å². The molecule has 0 saturated heterocycles. The highest BCUT2D eigenvalue weighted by atomic mass is 19.1. The van der Waals surface area contributed by atoms with Gasteiger partial charge in [0.15, 0.2) is 6.10 Å². The van der Waals surface area contributed by atoms with E-state index in [1.165, 1.54) is 19.1 Å². The van der Waals surface area contributed by atoms with E-state index in [0.717, 1.165) is 12.5 Å². The van der Waals surface area contributed by atoms with Crippen LogP contribution in [0, 0.1) is 5.82 Å². The standard InChI is InChI=1S/C13H17FN2O3/c1-3-6-16-12(17)8(2)19-13(18)9-4-5-10(14)11(15)7-9/h4-5,7-8H,3,6,15H2,1-2H3,(H,16,17). The van der Waals surface area contributed by atoms with Crippen LogP contribution < -0.4 is 11.1 Å². The third-order valence-electron chi connectivity index (χ3n) is 2.43. The molecule has 0 aromatic heterocycles. The fourth-order valence-electron chi connectivity index (χ4n) is 1.34. The lowest BCUT2D eigenvalue weighted by Gasteiger charge is -2.13. The van der Waals surface area contributed by atoms with Crippen molar-refractivity contribution in [1.29, 1.82) is 0 Å². The molecule has 1 aromatic carbocycles. The van der Waals surface area contributed by atoms with E-state index in [-0.39, 0.29) is 17.2 Å². The van der Waals surface area contributed by atoms with Crippen molar-refractivity contribution in [1.82, 2.24) is 5.32 Å². The van der Waals surface area contributed by atoms with Crippen LogP contribution in [0.4, 0.5) is 10.1 Å². The van der Waals surface area contributed by atoms with Crippen LogP contribution in [-0.2, 0) is 9.53 Å². The zero-order chi connectivity index (χ0) is 14.4. The summed E-state index contributed by atoms with van der Waals surface area (Å²) in [6.45, 7) is 3.90. The van der Waals surface area contributed by atoms with Crippen molar-refractivity contribution in [2.75, 3.05) is 12.3 Å². The van der Waals surface area contributed by atoms with Gasteiger partial charge in [-0.2, -0.15) is 0 Å². The molecule has 104 valence electrons. The molecule has 3 N–H and O–H groups in total. The minimum Gasteiger partial charge on any atom is -0.449 e. The van der Waals surface area contributed by atoms with Crippen molar-refractivity contribution in [3.63, 3.8) is 0 Å². The van der Waals surface area contributed by atoms with Gasteiger partial charge in [0.1, 0.15) is 5.82 Å². The summed E-state index contributed by atoms with van der Waals surface area (Å²) in [5.41, 5.74) is 5.32. The molecule has 0 bridgehead atoms. The van der Waals surface area contributed by atoms with Gasteiger partial charge in [-0.3, -0.25) is 4.79 Å². The van der Waals surface area contributed by atoms with Crippen LogP contribution in [0.25, 0.3) is 0 Å². The summed E-state index contributed by atoms with van der Waals surface area (Å²) in [5, 5.41) is 2.61. The van der Waals surface area contributed by atoms with Crippen molar-refractivity contribution in [2.24, 2.45) is 0 Å². The van der Waals surface area contributed by atoms with Gasteiger partial charge in [-0.15, -0.1) is 0 Å². The van der Waals surface area contributed by atoms with Gasteiger partial charge in [0.2, 0.25) is 0 Å². The van der Waals surface area contributed by atoms with Gasteiger partial charge in [0.25, 0.3) is 5.91 Å². The topological polar surface area (TPSA) is 81.4 Å². The Balaban J connectivity index is 2.63. The van der Waals surface area contributed by atoms with E-state index in [1.54, 1.807) is 0 Å². The van der Waals surface area contributed by atoms with Gasteiger partial charge >= 0.3 is 5.97 Å². The minimum absolute atomic E-state index is 0.106. The second-order valence-electron chi connectivity index (χ2n) is 4.07. The van der Waals surface area contributed by atoms with Gasteiger partial charge in [-0.05, 0) is 31.5 Å². The number of halogens is 1. The third-order valence-corrected chi connectivity index (χ3v) is 2.43. The van der Waals surface area contributed by atoms with Gasteiger partial charge in [0.05, 0.1) is 11.3 Å². The van der Waals surface area contributed by atoms with Crippen LogP contribution in [0.2, 0.25) is 0 Å². The van der Waals surface area contributed by atoms with Crippen molar-refractivity contribution in [3.8, 4) is 0 Å². The zero-order valence-electron chi connectivity index (χ0n) is 10.9. The van der Waals surface area contributed by atoms with E-state index in [0.29, 0.717) is 6.54 Å². The molecule has 6 heteroatoms. The summed E-state index contributed by atoms with van der Waals surface area (Å²) in [7, 11) is 0. The lowest BCUT2D eigenvalue weighted by atomic mass is 10.2. The molecular weight excluding hydrogens is 251 g/mol. The number of anilines is 1. The fraction of sp³-hybridized carbons (Fsp3) is 0.385. The minimum atomic E-state index is -0.912. The van der Waals surface area contributed by atoms with Gasteiger partial charge < -0.3 is 15.8 Å². The maximum absolute atomic E-state index is 13.0. The van der Waals surface area contributed by atoms with Gasteiger partial charge in [-0.25, -0.2) is 9.18 Å². The molecule has 1 rings (SSSR count). The third kappa shape index (κ3) is 4.24. The second kappa shape index (κ2) is 6.72. The summed E-state index contributed by atoms with van der Waals surface area (Å²) >= 11 is 0. The molecule has 1 aromatic rings. The Kier molecular flexibility index (Phi) is 5.29. The quantitative estimate of drug-likeness (QED) is 0.626. The molecule has 0 aliphatic carbocycles. The molecule has 0 heterocycles. The number of hydrogen-bond acceptors (Lipinski definition) is 4. The van der Waals surface area contributed by atoms with E-state index in [4.69, 9.17) is 10.5 Å². The van der Waals surface area contributed by atoms with E-state index >= 15 is 0 Å².